The van der Waals surface area contributed by atoms with Crippen molar-refractivity contribution in [2.24, 2.45) is 23.8 Å². The fourth-order valence-corrected chi connectivity index (χ4v) is 4.66. The number of amides is 2. The Morgan fingerprint density at radius 1 is 1.29 bits per heavy atom. The summed E-state index contributed by atoms with van der Waals surface area (Å²) in [5.41, 5.74) is 13.0. The molecule has 0 saturated heterocycles. The van der Waals surface area contributed by atoms with Crippen LogP contribution in [0.2, 0.25) is 0 Å². The lowest BCUT2D eigenvalue weighted by Gasteiger charge is -2.26. The normalized spacial score (nSPS) is 17.4. The van der Waals surface area contributed by atoms with Gasteiger partial charge in [0.25, 0.3) is 5.91 Å². The molecule has 5 N–H and O–H groups in total. The Labute approximate surface area is 179 Å². The topological polar surface area (TPSA) is 130 Å². The average molecular weight is 419 g/mol. The molecule has 31 heavy (non-hydrogen) atoms. The Morgan fingerprint density at radius 2 is 2.10 bits per heavy atom. The maximum Gasteiger partial charge on any atom is 0.272 e. The minimum Gasteiger partial charge on any atom is -0.354 e. The molecule has 5 rings (SSSR count). The largest absolute Gasteiger partial charge is 0.354 e. The van der Waals surface area contributed by atoms with E-state index in [1.54, 1.807) is 23.2 Å². The molecule has 1 fully saturated rings. The summed E-state index contributed by atoms with van der Waals surface area (Å²) in [5, 5.41) is 12.0. The summed E-state index contributed by atoms with van der Waals surface area (Å²) < 4.78 is 1.71. The van der Waals surface area contributed by atoms with Crippen LogP contribution >= 0.6 is 0 Å². The minimum absolute atomic E-state index is 0.199. The number of rotatable bonds is 4. The summed E-state index contributed by atoms with van der Waals surface area (Å²) in [5.74, 6) is -0.350. The molecule has 1 saturated carbocycles. The highest BCUT2D eigenvalue weighted by Crippen LogP contribution is 2.34. The molecule has 0 bridgehead atoms. The predicted molar refractivity (Wildman–Crippen MR) is 119 cm³/mol. The molecule has 9 nitrogen and oxygen atoms in total. The van der Waals surface area contributed by atoms with Crippen LogP contribution in [0.15, 0.2) is 29.6 Å². The SMILES string of the molecule is Cn1cc(-c2[nH]c3cc(NC(=O)[C@H](N)C4CCCCC4)cc4c3c2C=NNC4=O)cn1. The first-order valence-electron chi connectivity index (χ1n) is 10.6. The van der Waals surface area contributed by atoms with Gasteiger partial charge in [0.1, 0.15) is 0 Å². The van der Waals surface area contributed by atoms with Crippen molar-refractivity contribution >= 4 is 34.6 Å². The van der Waals surface area contributed by atoms with E-state index in [4.69, 9.17) is 5.73 Å². The van der Waals surface area contributed by atoms with Crippen molar-refractivity contribution in [1.82, 2.24) is 20.2 Å². The Bertz CT molecular complexity index is 1200. The number of nitrogens with zero attached hydrogens (tertiary/aromatic N) is 3. The van der Waals surface area contributed by atoms with Gasteiger partial charge in [-0.05, 0) is 30.9 Å². The molecule has 0 spiro atoms. The van der Waals surface area contributed by atoms with Crippen LogP contribution in [-0.2, 0) is 11.8 Å². The number of H-pyrrole nitrogens is 1. The standard InChI is InChI=1S/C22H25N7O2/c1-29-11-13(9-25-29)20-16-10-24-28-21(30)15-7-14(8-17(27-20)18(15)16)26-22(31)19(23)12-5-3-2-4-6-12/h7-12,19,27H,2-6,23H2,1H3,(H,26,31)(H,28,30)/t19-/m1/s1. The molecule has 1 atom stereocenters. The number of aryl methyl sites for hydroxylation is 1. The second-order valence-electron chi connectivity index (χ2n) is 8.37. The fraction of sp³-hybridized carbons (Fsp3) is 0.364. The lowest BCUT2D eigenvalue weighted by atomic mass is 9.84. The molecule has 160 valence electrons. The third kappa shape index (κ3) is 3.50. The molecule has 0 unspecified atom stereocenters. The number of hydrogen-bond donors (Lipinski definition) is 4. The summed E-state index contributed by atoms with van der Waals surface area (Å²) in [6.45, 7) is 0. The summed E-state index contributed by atoms with van der Waals surface area (Å²) >= 11 is 0. The second-order valence-corrected chi connectivity index (χ2v) is 8.37. The smallest absolute Gasteiger partial charge is 0.272 e. The molecule has 1 aliphatic heterocycles. The number of benzene rings is 1. The van der Waals surface area contributed by atoms with E-state index in [0.29, 0.717) is 11.3 Å². The van der Waals surface area contributed by atoms with Gasteiger partial charge in [0.05, 0.1) is 29.7 Å². The highest BCUT2D eigenvalue weighted by Gasteiger charge is 2.27. The van der Waals surface area contributed by atoms with Gasteiger partial charge in [0, 0.05) is 41.0 Å². The zero-order valence-electron chi connectivity index (χ0n) is 17.3. The Hall–Kier alpha value is -3.46. The van der Waals surface area contributed by atoms with Crippen molar-refractivity contribution in [1.29, 1.82) is 0 Å². The molecular weight excluding hydrogens is 394 g/mol. The number of aromatic nitrogens is 3. The van der Waals surface area contributed by atoms with Crippen molar-refractivity contribution in [2.75, 3.05) is 5.32 Å². The second kappa shape index (κ2) is 7.66. The Balaban J connectivity index is 1.53. The van der Waals surface area contributed by atoms with Crippen LogP contribution in [0.3, 0.4) is 0 Å². The van der Waals surface area contributed by atoms with Crippen molar-refractivity contribution < 1.29 is 9.59 Å². The highest BCUT2D eigenvalue weighted by atomic mass is 16.2. The fourth-order valence-electron chi connectivity index (χ4n) is 4.66. The van der Waals surface area contributed by atoms with E-state index in [0.717, 1.165) is 53.4 Å². The number of carbonyl (C=O) groups is 2. The summed E-state index contributed by atoms with van der Waals surface area (Å²) in [6.07, 6.45) is 10.7. The van der Waals surface area contributed by atoms with Crippen LogP contribution in [0, 0.1) is 5.92 Å². The third-order valence-electron chi connectivity index (χ3n) is 6.26. The van der Waals surface area contributed by atoms with Gasteiger partial charge in [-0.1, -0.05) is 19.3 Å². The van der Waals surface area contributed by atoms with Crippen LogP contribution in [0.25, 0.3) is 22.2 Å². The molecule has 3 aromatic rings. The van der Waals surface area contributed by atoms with E-state index >= 15 is 0 Å². The van der Waals surface area contributed by atoms with Crippen LogP contribution < -0.4 is 16.5 Å². The molecule has 3 heterocycles. The van der Waals surface area contributed by atoms with E-state index in [9.17, 15) is 9.59 Å². The first-order chi connectivity index (χ1) is 15.0. The number of nitrogens with one attached hydrogen (secondary N) is 3. The highest BCUT2D eigenvalue weighted by molar-refractivity contribution is 6.18. The molecular formula is C22H25N7O2. The molecule has 9 heteroatoms. The van der Waals surface area contributed by atoms with Gasteiger partial charge in [0.2, 0.25) is 5.91 Å². The first kappa shape index (κ1) is 19.5. The number of nitrogens with two attached hydrogens (primary N) is 1. The summed E-state index contributed by atoms with van der Waals surface area (Å²) in [7, 11) is 1.84. The van der Waals surface area contributed by atoms with E-state index in [1.165, 1.54) is 6.42 Å². The number of anilines is 1. The van der Waals surface area contributed by atoms with Gasteiger partial charge in [-0.2, -0.15) is 10.2 Å². The molecule has 2 aliphatic rings. The van der Waals surface area contributed by atoms with Crippen molar-refractivity contribution in [3.63, 3.8) is 0 Å². The first-order valence-corrected chi connectivity index (χ1v) is 10.6. The molecule has 1 aromatic carbocycles. The number of hydrogen-bond acceptors (Lipinski definition) is 5. The lowest BCUT2D eigenvalue weighted by molar-refractivity contribution is -0.118. The van der Waals surface area contributed by atoms with Crippen LogP contribution in [0.5, 0.6) is 0 Å². The van der Waals surface area contributed by atoms with Crippen molar-refractivity contribution in [3.05, 3.63) is 35.7 Å². The van der Waals surface area contributed by atoms with E-state index in [1.807, 2.05) is 19.3 Å². The maximum atomic E-state index is 12.8. The molecule has 0 radical (unpaired) electrons. The Kier molecular flexibility index (Phi) is 4.82. The molecule has 2 amide bonds. The van der Waals surface area contributed by atoms with Gasteiger partial charge in [-0.25, -0.2) is 5.43 Å². The van der Waals surface area contributed by atoms with Crippen molar-refractivity contribution in [2.45, 2.75) is 38.1 Å². The zero-order chi connectivity index (χ0) is 21.5. The zero-order valence-corrected chi connectivity index (χ0v) is 17.3. The number of aromatic amines is 1. The summed E-state index contributed by atoms with van der Waals surface area (Å²) in [4.78, 5) is 28.9. The number of carbonyl (C=O) groups excluding carboxylic acids is 2. The maximum absolute atomic E-state index is 12.8. The van der Waals surface area contributed by atoms with Crippen molar-refractivity contribution in [3.8, 4) is 11.3 Å². The summed E-state index contributed by atoms with van der Waals surface area (Å²) in [6, 6.07) is 2.96. The molecule has 1 aliphatic carbocycles. The van der Waals surface area contributed by atoms with Gasteiger partial charge in [-0.15, -0.1) is 0 Å². The minimum atomic E-state index is -0.558. The third-order valence-corrected chi connectivity index (χ3v) is 6.26. The van der Waals surface area contributed by atoms with E-state index < -0.39 is 6.04 Å². The quantitative estimate of drug-likeness (QED) is 0.517. The lowest BCUT2D eigenvalue weighted by Crippen LogP contribution is -2.42. The van der Waals surface area contributed by atoms with Crippen LogP contribution in [0.4, 0.5) is 5.69 Å². The van der Waals surface area contributed by atoms with Gasteiger partial charge < -0.3 is 16.0 Å². The predicted octanol–water partition coefficient (Wildman–Crippen LogP) is 2.49. The van der Waals surface area contributed by atoms with E-state index in [2.05, 4.69) is 25.9 Å². The van der Waals surface area contributed by atoms with E-state index in [-0.39, 0.29) is 17.7 Å². The molecule has 2 aromatic heterocycles. The van der Waals surface area contributed by atoms with Gasteiger partial charge >= 0.3 is 0 Å². The van der Waals surface area contributed by atoms with Crippen LogP contribution in [0.1, 0.15) is 48.0 Å². The van der Waals surface area contributed by atoms with Gasteiger partial charge in [-0.3, -0.25) is 14.3 Å². The monoisotopic (exact) mass is 419 g/mol. The Morgan fingerprint density at radius 3 is 2.84 bits per heavy atom. The average Bonchev–Trinajstić information content (AvgIpc) is 3.31. The number of hydrazone groups is 1. The van der Waals surface area contributed by atoms with Gasteiger partial charge in [0.15, 0.2) is 0 Å². The van der Waals surface area contributed by atoms with Crippen LogP contribution in [-0.4, -0.2) is 38.8 Å².